The third kappa shape index (κ3) is 3.06. The molecule has 1 heterocycles. The van der Waals surface area contributed by atoms with Crippen LogP contribution in [0.5, 0.6) is 11.5 Å². The van der Waals surface area contributed by atoms with Crippen molar-refractivity contribution in [2.75, 3.05) is 13.2 Å². The van der Waals surface area contributed by atoms with Crippen molar-refractivity contribution in [2.45, 2.75) is 12.5 Å². The summed E-state index contributed by atoms with van der Waals surface area (Å²) in [7, 11) is 0. The summed E-state index contributed by atoms with van der Waals surface area (Å²) in [6.07, 6.45) is 2.61. The Morgan fingerprint density at radius 1 is 1.14 bits per heavy atom. The van der Waals surface area contributed by atoms with Crippen LogP contribution in [0.1, 0.15) is 22.8 Å². The largest absolute Gasteiger partial charge is 0.504 e. The lowest BCUT2D eigenvalue weighted by Gasteiger charge is -2.24. The second-order valence-electron chi connectivity index (χ2n) is 5.05. The highest BCUT2D eigenvalue weighted by atomic mass is 16.5. The molecular formula is C17H17NO3. The molecular weight excluding hydrogens is 266 g/mol. The van der Waals surface area contributed by atoms with E-state index in [9.17, 15) is 10.2 Å². The molecule has 0 aliphatic carbocycles. The first kappa shape index (κ1) is 13.6. The van der Waals surface area contributed by atoms with Gasteiger partial charge in [0.05, 0.1) is 13.2 Å². The molecule has 0 bridgehead atoms. The molecule has 1 aliphatic rings. The summed E-state index contributed by atoms with van der Waals surface area (Å²) in [4.78, 5) is 4.39. The molecule has 3 rings (SSSR count). The van der Waals surface area contributed by atoms with Crippen molar-refractivity contribution >= 4 is 6.21 Å². The normalized spacial score (nSPS) is 17.8. The Labute approximate surface area is 123 Å². The van der Waals surface area contributed by atoms with E-state index in [4.69, 9.17) is 4.74 Å². The van der Waals surface area contributed by atoms with Crippen LogP contribution >= 0.6 is 0 Å². The summed E-state index contributed by atoms with van der Waals surface area (Å²) in [6.45, 7) is 1.26. The van der Waals surface area contributed by atoms with Crippen molar-refractivity contribution in [2.24, 2.45) is 4.99 Å². The molecule has 0 radical (unpaired) electrons. The van der Waals surface area contributed by atoms with Crippen LogP contribution in [0.15, 0.2) is 47.5 Å². The maximum atomic E-state index is 9.44. The van der Waals surface area contributed by atoms with Crippen LogP contribution in [0.2, 0.25) is 0 Å². The number of ether oxygens (including phenoxy) is 1. The Morgan fingerprint density at radius 3 is 2.86 bits per heavy atom. The van der Waals surface area contributed by atoms with Crippen LogP contribution in [-0.2, 0) is 11.2 Å². The van der Waals surface area contributed by atoms with Crippen LogP contribution in [0, 0.1) is 0 Å². The SMILES string of the molecule is Oc1ccc(C=NC[C@H]2OCCc3ccccc32)cc1O. The minimum absolute atomic E-state index is 0.0167. The Morgan fingerprint density at radius 2 is 2.00 bits per heavy atom. The van der Waals surface area contributed by atoms with E-state index >= 15 is 0 Å². The van der Waals surface area contributed by atoms with Gasteiger partial charge in [-0.1, -0.05) is 24.3 Å². The number of phenols is 2. The maximum Gasteiger partial charge on any atom is 0.158 e. The number of hydrogen-bond donors (Lipinski definition) is 2. The number of phenolic OH excluding ortho intramolecular Hbond substituents is 2. The highest BCUT2D eigenvalue weighted by Gasteiger charge is 2.19. The molecule has 0 saturated carbocycles. The third-order valence-corrected chi connectivity index (χ3v) is 3.60. The molecule has 0 saturated heterocycles. The topological polar surface area (TPSA) is 62.1 Å². The van der Waals surface area contributed by atoms with Crippen LogP contribution in [0.3, 0.4) is 0 Å². The van der Waals surface area contributed by atoms with Crippen molar-refractivity contribution in [1.29, 1.82) is 0 Å². The molecule has 108 valence electrons. The fourth-order valence-electron chi connectivity index (χ4n) is 2.50. The summed E-state index contributed by atoms with van der Waals surface area (Å²) in [5, 5.41) is 18.7. The van der Waals surface area contributed by atoms with Crippen molar-refractivity contribution in [3.63, 3.8) is 0 Å². The molecule has 4 heteroatoms. The molecule has 0 aromatic heterocycles. The predicted molar refractivity (Wildman–Crippen MR) is 81.1 cm³/mol. The summed E-state index contributed by atoms with van der Waals surface area (Å²) in [6, 6.07) is 12.9. The highest BCUT2D eigenvalue weighted by molar-refractivity contribution is 5.80. The smallest absolute Gasteiger partial charge is 0.158 e. The number of aromatic hydroxyl groups is 2. The van der Waals surface area contributed by atoms with E-state index in [-0.39, 0.29) is 17.6 Å². The summed E-state index contributed by atoms with van der Waals surface area (Å²) >= 11 is 0. The maximum absolute atomic E-state index is 9.44. The second kappa shape index (κ2) is 5.97. The van der Waals surface area contributed by atoms with Crippen LogP contribution < -0.4 is 0 Å². The highest BCUT2D eigenvalue weighted by Crippen LogP contribution is 2.27. The van der Waals surface area contributed by atoms with Crippen LogP contribution in [-0.4, -0.2) is 29.6 Å². The molecule has 0 unspecified atom stereocenters. The Balaban J connectivity index is 1.70. The van der Waals surface area contributed by atoms with E-state index in [2.05, 4.69) is 17.1 Å². The lowest BCUT2D eigenvalue weighted by Crippen LogP contribution is -2.18. The molecule has 0 amide bonds. The second-order valence-corrected chi connectivity index (χ2v) is 5.05. The average molecular weight is 283 g/mol. The first-order chi connectivity index (χ1) is 10.2. The number of hydrogen-bond acceptors (Lipinski definition) is 4. The standard InChI is InChI=1S/C17H17NO3/c19-15-6-5-12(9-16(15)20)10-18-11-17-14-4-2-1-3-13(14)7-8-21-17/h1-6,9-10,17,19-20H,7-8,11H2/t17-/m1/s1. The fourth-order valence-corrected chi connectivity index (χ4v) is 2.50. The summed E-state index contributed by atoms with van der Waals surface area (Å²) < 4.78 is 5.78. The van der Waals surface area contributed by atoms with Gasteiger partial charge in [-0.05, 0) is 41.3 Å². The zero-order chi connectivity index (χ0) is 14.7. The Kier molecular flexibility index (Phi) is 3.88. The lowest BCUT2D eigenvalue weighted by atomic mass is 9.98. The quantitative estimate of drug-likeness (QED) is 0.672. The van der Waals surface area contributed by atoms with Gasteiger partial charge in [-0.2, -0.15) is 0 Å². The van der Waals surface area contributed by atoms with Crippen LogP contribution in [0.4, 0.5) is 0 Å². The molecule has 4 nitrogen and oxygen atoms in total. The minimum Gasteiger partial charge on any atom is -0.504 e. The van der Waals surface area contributed by atoms with E-state index in [0.717, 1.165) is 18.6 Å². The van der Waals surface area contributed by atoms with Gasteiger partial charge >= 0.3 is 0 Å². The van der Waals surface area contributed by atoms with E-state index < -0.39 is 0 Å². The van der Waals surface area contributed by atoms with Gasteiger partial charge in [0.15, 0.2) is 11.5 Å². The summed E-state index contributed by atoms with van der Waals surface area (Å²) in [5.74, 6) is -0.269. The molecule has 1 atom stereocenters. The van der Waals surface area contributed by atoms with E-state index in [1.807, 2.05) is 12.1 Å². The van der Waals surface area contributed by atoms with Gasteiger partial charge in [0, 0.05) is 6.21 Å². The monoisotopic (exact) mass is 283 g/mol. The fraction of sp³-hybridized carbons (Fsp3) is 0.235. The van der Waals surface area contributed by atoms with Crippen molar-refractivity contribution in [1.82, 2.24) is 0 Å². The van der Waals surface area contributed by atoms with Crippen LogP contribution in [0.25, 0.3) is 0 Å². The first-order valence-corrected chi connectivity index (χ1v) is 6.95. The predicted octanol–water partition coefficient (Wildman–Crippen LogP) is 2.83. The Bertz CT molecular complexity index is 667. The van der Waals surface area contributed by atoms with Crippen molar-refractivity contribution in [3.05, 3.63) is 59.2 Å². The number of nitrogens with zero attached hydrogens (tertiary/aromatic N) is 1. The van der Waals surface area contributed by atoms with E-state index in [1.165, 1.54) is 23.3 Å². The average Bonchev–Trinajstić information content (AvgIpc) is 2.51. The van der Waals surface area contributed by atoms with Gasteiger partial charge in [-0.25, -0.2) is 0 Å². The number of fused-ring (bicyclic) bond motifs is 1. The Hall–Kier alpha value is -2.33. The third-order valence-electron chi connectivity index (χ3n) is 3.60. The van der Waals surface area contributed by atoms with Gasteiger partial charge in [-0.15, -0.1) is 0 Å². The van der Waals surface area contributed by atoms with E-state index in [0.29, 0.717) is 6.54 Å². The zero-order valence-corrected chi connectivity index (χ0v) is 11.6. The number of aliphatic imine (C=N–C) groups is 1. The van der Waals surface area contributed by atoms with Crippen molar-refractivity contribution in [3.8, 4) is 11.5 Å². The first-order valence-electron chi connectivity index (χ1n) is 6.95. The summed E-state index contributed by atoms with van der Waals surface area (Å²) in [5.41, 5.74) is 3.27. The van der Waals surface area contributed by atoms with Gasteiger partial charge in [0.1, 0.15) is 6.10 Å². The molecule has 2 N–H and O–H groups in total. The molecule has 2 aromatic carbocycles. The van der Waals surface area contributed by atoms with Gasteiger partial charge in [0.2, 0.25) is 0 Å². The number of benzene rings is 2. The lowest BCUT2D eigenvalue weighted by molar-refractivity contribution is 0.0489. The molecule has 0 fully saturated rings. The van der Waals surface area contributed by atoms with Gasteiger partial charge in [-0.3, -0.25) is 4.99 Å². The molecule has 0 spiro atoms. The minimum atomic E-state index is -0.141. The number of rotatable bonds is 3. The van der Waals surface area contributed by atoms with Crippen molar-refractivity contribution < 1.29 is 14.9 Å². The zero-order valence-electron chi connectivity index (χ0n) is 11.6. The van der Waals surface area contributed by atoms with E-state index in [1.54, 1.807) is 12.3 Å². The molecule has 1 aliphatic heterocycles. The van der Waals surface area contributed by atoms with Gasteiger partial charge < -0.3 is 14.9 Å². The molecule has 21 heavy (non-hydrogen) atoms. The van der Waals surface area contributed by atoms with Gasteiger partial charge in [0.25, 0.3) is 0 Å². The molecule has 2 aromatic rings.